The fourth-order valence-electron chi connectivity index (χ4n) is 3.17. The van der Waals surface area contributed by atoms with Gasteiger partial charge in [-0.1, -0.05) is 0 Å². The predicted octanol–water partition coefficient (Wildman–Crippen LogP) is 2.38. The molecular weight excluding hydrogens is 356 g/mol. The van der Waals surface area contributed by atoms with Gasteiger partial charge in [-0.15, -0.1) is 0 Å². The summed E-state index contributed by atoms with van der Waals surface area (Å²) in [5.74, 6) is -2.01. The van der Waals surface area contributed by atoms with Gasteiger partial charge in [0.25, 0.3) is 0 Å². The van der Waals surface area contributed by atoms with Crippen LogP contribution in [0.15, 0.2) is 21.3 Å². The summed E-state index contributed by atoms with van der Waals surface area (Å²) in [6.07, 6.45) is 0.732. The van der Waals surface area contributed by atoms with Gasteiger partial charge >= 0.3 is 17.6 Å². The summed E-state index contributed by atoms with van der Waals surface area (Å²) in [4.78, 5) is 34.6. The van der Waals surface area contributed by atoms with E-state index in [0.717, 1.165) is 18.4 Å². The molecule has 1 heterocycles. The first-order chi connectivity index (χ1) is 12.8. The van der Waals surface area contributed by atoms with Gasteiger partial charge in [0.05, 0.1) is 5.39 Å². The number of aliphatic carboxylic acids is 2. The second kappa shape index (κ2) is 7.30. The van der Waals surface area contributed by atoms with Crippen molar-refractivity contribution in [3.63, 3.8) is 0 Å². The highest BCUT2D eigenvalue weighted by molar-refractivity contribution is 5.90. The number of rotatable bonds is 6. The van der Waals surface area contributed by atoms with Crippen molar-refractivity contribution in [3.05, 3.63) is 33.7 Å². The zero-order valence-electron chi connectivity index (χ0n) is 15.0. The van der Waals surface area contributed by atoms with Crippen LogP contribution in [-0.2, 0) is 22.4 Å². The van der Waals surface area contributed by atoms with Gasteiger partial charge in [0.1, 0.15) is 17.1 Å². The molecule has 3 rings (SSSR count). The van der Waals surface area contributed by atoms with Gasteiger partial charge in [-0.3, -0.25) is 0 Å². The lowest BCUT2D eigenvalue weighted by atomic mass is 9.90. The van der Waals surface area contributed by atoms with Crippen LogP contribution in [0.4, 0.5) is 0 Å². The molecule has 2 aromatic rings. The minimum Gasteiger partial charge on any atom is -0.479 e. The minimum atomic E-state index is -1.16. The molecule has 0 saturated carbocycles. The number of ether oxygens (including phenoxy) is 2. The largest absolute Gasteiger partial charge is 0.479 e. The molecule has 0 fully saturated rings. The topological polar surface area (TPSA) is 123 Å². The van der Waals surface area contributed by atoms with Crippen molar-refractivity contribution in [2.24, 2.45) is 0 Å². The first kappa shape index (κ1) is 18.8. The van der Waals surface area contributed by atoms with Crippen LogP contribution in [0.2, 0.25) is 0 Å². The molecule has 2 N–H and O–H groups in total. The Morgan fingerprint density at radius 1 is 1.00 bits per heavy atom. The van der Waals surface area contributed by atoms with Gasteiger partial charge in [-0.25, -0.2) is 14.4 Å². The molecule has 8 nitrogen and oxygen atoms in total. The van der Waals surface area contributed by atoms with Crippen LogP contribution in [0.5, 0.6) is 11.5 Å². The zero-order chi connectivity index (χ0) is 19.7. The van der Waals surface area contributed by atoms with Crippen LogP contribution in [0.1, 0.15) is 37.8 Å². The number of hydrogen-bond donors (Lipinski definition) is 2. The van der Waals surface area contributed by atoms with E-state index in [9.17, 15) is 19.5 Å². The van der Waals surface area contributed by atoms with Crippen LogP contribution >= 0.6 is 0 Å². The second-order valence-corrected chi connectivity index (χ2v) is 6.54. The van der Waals surface area contributed by atoms with E-state index in [1.54, 1.807) is 0 Å². The average Bonchev–Trinajstić information content (AvgIpc) is 2.61. The molecule has 144 valence electrons. The third-order valence-corrected chi connectivity index (χ3v) is 4.57. The number of carbonyl (C=O) groups is 2. The monoisotopic (exact) mass is 376 g/mol. The van der Waals surface area contributed by atoms with Gasteiger partial charge in [-0.05, 0) is 45.1 Å². The molecule has 0 bridgehead atoms. The summed E-state index contributed by atoms with van der Waals surface area (Å²) in [7, 11) is 0. The van der Waals surface area contributed by atoms with Crippen LogP contribution < -0.4 is 15.1 Å². The zero-order valence-corrected chi connectivity index (χ0v) is 15.0. The summed E-state index contributed by atoms with van der Waals surface area (Å²) in [6.45, 7) is 2.74. The van der Waals surface area contributed by atoms with E-state index in [4.69, 9.17) is 19.0 Å². The fraction of sp³-hybridized carbons (Fsp3) is 0.421. The van der Waals surface area contributed by atoms with E-state index in [1.165, 1.54) is 26.0 Å². The molecule has 0 unspecified atom stereocenters. The number of hydrogen-bond acceptors (Lipinski definition) is 6. The first-order valence-corrected chi connectivity index (χ1v) is 8.69. The Kier molecular flexibility index (Phi) is 5.07. The molecule has 0 saturated heterocycles. The van der Waals surface area contributed by atoms with Crippen molar-refractivity contribution < 1.29 is 33.7 Å². The standard InChI is InChI=1S/C19H20O8/c1-9(17(20)21)25-11-7-14(26-10(2)18(22)23)16-12-5-3-4-6-13(12)19(24)27-15(16)8-11/h7-10H,3-6H2,1-2H3,(H,20,21)(H,22,23)/t9-,10+/m1/s1. The lowest BCUT2D eigenvalue weighted by molar-refractivity contribution is -0.144. The third kappa shape index (κ3) is 3.74. The van der Waals surface area contributed by atoms with E-state index in [1.807, 2.05) is 0 Å². The highest BCUT2D eigenvalue weighted by atomic mass is 16.5. The number of carboxylic acid groups (broad SMARTS) is 2. The number of carboxylic acids is 2. The Balaban J connectivity index is 2.20. The Morgan fingerprint density at radius 2 is 1.59 bits per heavy atom. The molecule has 0 aliphatic heterocycles. The Hall–Kier alpha value is -3.03. The average molecular weight is 376 g/mol. The van der Waals surface area contributed by atoms with Crippen LogP contribution in [0, 0.1) is 0 Å². The molecule has 27 heavy (non-hydrogen) atoms. The summed E-state index contributed by atoms with van der Waals surface area (Å²) >= 11 is 0. The van der Waals surface area contributed by atoms with E-state index < -0.39 is 29.8 Å². The molecular formula is C19H20O8. The molecule has 1 aromatic heterocycles. The van der Waals surface area contributed by atoms with Gasteiger partial charge in [-0.2, -0.15) is 0 Å². The smallest absolute Gasteiger partial charge is 0.344 e. The first-order valence-electron chi connectivity index (χ1n) is 8.69. The molecule has 1 aromatic carbocycles. The maximum atomic E-state index is 12.3. The van der Waals surface area contributed by atoms with Crippen molar-refractivity contribution >= 4 is 22.9 Å². The Labute approximate surface area is 154 Å². The number of benzene rings is 1. The highest BCUT2D eigenvalue weighted by Gasteiger charge is 2.24. The summed E-state index contributed by atoms with van der Waals surface area (Å²) < 4.78 is 16.4. The Bertz CT molecular complexity index is 958. The van der Waals surface area contributed by atoms with Crippen LogP contribution in [-0.4, -0.2) is 34.4 Å². The number of aryl methyl sites for hydroxylation is 1. The van der Waals surface area contributed by atoms with Crippen molar-refractivity contribution in [2.75, 3.05) is 0 Å². The summed E-state index contributed by atoms with van der Waals surface area (Å²) in [5.41, 5.74) is 1.10. The number of fused-ring (bicyclic) bond motifs is 3. The SMILES string of the molecule is C[C@H](Oc1cc(O[C@H](C)C(=O)O)cc2oc(=O)c3c(c12)CCCC3)C(=O)O. The van der Waals surface area contributed by atoms with Crippen molar-refractivity contribution in [3.8, 4) is 11.5 Å². The Morgan fingerprint density at radius 3 is 2.22 bits per heavy atom. The highest BCUT2D eigenvalue weighted by Crippen LogP contribution is 2.37. The quantitative estimate of drug-likeness (QED) is 0.737. The third-order valence-electron chi connectivity index (χ3n) is 4.57. The lowest BCUT2D eigenvalue weighted by Crippen LogP contribution is -2.24. The molecule has 1 aliphatic carbocycles. The van der Waals surface area contributed by atoms with E-state index in [-0.39, 0.29) is 17.1 Å². The molecule has 8 heteroatoms. The maximum Gasteiger partial charge on any atom is 0.344 e. The second-order valence-electron chi connectivity index (χ2n) is 6.54. The van der Waals surface area contributed by atoms with Crippen molar-refractivity contribution in [1.82, 2.24) is 0 Å². The van der Waals surface area contributed by atoms with Gasteiger partial charge < -0.3 is 24.1 Å². The molecule has 0 spiro atoms. The van der Waals surface area contributed by atoms with E-state index in [2.05, 4.69) is 0 Å². The summed E-state index contributed by atoms with van der Waals surface area (Å²) in [6, 6.07) is 2.87. The van der Waals surface area contributed by atoms with Crippen molar-refractivity contribution in [2.45, 2.75) is 51.7 Å². The van der Waals surface area contributed by atoms with Crippen molar-refractivity contribution in [1.29, 1.82) is 0 Å². The van der Waals surface area contributed by atoms with Crippen LogP contribution in [0.25, 0.3) is 11.0 Å². The molecule has 2 atom stereocenters. The predicted molar refractivity (Wildman–Crippen MR) is 94.6 cm³/mol. The van der Waals surface area contributed by atoms with E-state index >= 15 is 0 Å². The molecule has 0 radical (unpaired) electrons. The van der Waals surface area contributed by atoms with Crippen LogP contribution in [0.3, 0.4) is 0 Å². The minimum absolute atomic E-state index is 0.115. The van der Waals surface area contributed by atoms with Gasteiger partial charge in [0.2, 0.25) is 0 Å². The fourth-order valence-corrected chi connectivity index (χ4v) is 3.17. The van der Waals surface area contributed by atoms with Gasteiger partial charge in [0.15, 0.2) is 12.2 Å². The van der Waals surface area contributed by atoms with E-state index in [0.29, 0.717) is 23.8 Å². The molecule has 1 aliphatic rings. The lowest BCUT2D eigenvalue weighted by Gasteiger charge is -2.20. The maximum absolute atomic E-state index is 12.3. The van der Waals surface area contributed by atoms with Gasteiger partial charge in [0, 0.05) is 17.7 Å². The summed E-state index contributed by atoms with van der Waals surface area (Å²) in [5, 5.41) is 18.8. The molecule has 0 amide bonds. The normalized spacial score (nSPS) is 15.6.